The molecule has 0 amide bonds. The van der Waals surface area contributed by atoms with Gasteiger partial charge in [-0.2, -0.15) is 4.44 Å². The van der Waals surface area contributed by atoms with E-state index < -0.39 is 16.1 Å². The van der Waals surface area contributed by atoms with Crippen molar-refractivity contribution >= 4 is 33.4 Å². The van der Waals surface area contributed by atoms with Gasteiger partial charge in [-0.3, -0.25) is 0 Å². The topological polar surface area (TPSA) is 13.0 Å². The SMILES string of the molecule is CN(C)[P+]1(N(C)C)N(CCCl)[P@](C(C)(C)C)N1c1ccccc1. The molecule has 7 heteroatoms. The highest BCUT2D eigenvalue weighted by atomic mass is 35.5. The Morgan fingerprint density at radius 3 is 1.96 bits per heavy atom. The smallest absolute Gasteiger partial charge is 0.163 e. The van der Waals surface area contributed by atoms with Crippen LogP contribution in [0.3, 0.4) is 0 Å². The highest BCUT2D eigenvalue weighted by Gasteiger charge is 2.74. The van der Waals surface area contributed by atoms with Gasteiger partial charge in [0.1, 0.15) is 0 Å². The first-order valence-electron chi connectivity index (χ1n) is 7.93. The van der Waals surface area contributed by atoms with Crippen molar-refractivity contribution in [3.63, 3.8) is 0 Å². The number of hydrogen-bond acceptors (Lipinski definition) is 4. The highest BCUT2D eigenvalue weighted by Crippen LogP contribution is 2.92. The maximum atomic E-state index is 6.19. The maximum absolute atomic E-state index is 6.19. The lowest BCUT2D eigenvalue weighted by Crippen LogP contribution is -2.58. The molecule has 0 aliphatic carbocycles. The second kappa shape index (κ2) is 7.12. The molecule has 1 aromatic carbocycles. The van der Waals surface area contributed by atoms with E-state index in [-0.39, 0.29) is 5.16 Å². The zero-order chi connectivity index (χ0) is 17.4. The monoisotopic (exact) mass is 375 g/mol. The van der Waals surface area contributed by atoms with Crippen molar-refractivity contribution in [2.75, 3.05) is 45.1 Å². The number of halogens is 1. The van der Waals surface area contributed by atoms with Crippen molar-refractivity contribution in [3.8, 4) is 0 Å². The zero-order valence-electron chi connectivity index (χ0n) is 15.4. The van der Waals surface area contributed by atoms with Gasteiger partial charge in [-0.25, -0.2) is 0 Å². The molecule has 0 bridgehead atoms. The minimum atomic E-state index is -1.75. The molecule has 1 heterocycles. The first-order chi connectivity index (χ1) is 10.7. The fourth-order valence-corrected chi connectivity index (χ4v) is 14.9. The fourth-order valence-electron chi connectivity index (χ4n) is 3.26. The predicted molar refractivity (Wildman–Crippen MR) is 107 cm³/mol. The van der Waals surface area contributed by atoms with Crippen LogP contribution in [-0.4, -0.2) is 59.6 Å². The van der Waals surface area contributed by atoms with E-state index in [9.17, 15) is 0 Å². The van der Waals surface area contributed by atoms with Gasteiger partial charge in [0, 0.05) is 39.2 Å². The van der Waals surface area contributed by atoms with Crippen LogP contribution in [0.25, 0.3) is 0 Å². The Balaban J connectivity index is 2.59. The lowest BCUT2D eigenvalue weighted by atomic mass is 10.3. The summed E-state index contributed by atoms with van der Waals surface area (Å²) in [4.78, 5) is 0. The van der Waals surface area contributed by atoms with Crippen LogP contribution in [0.5, 0.6) is 0 Å². The number of hydrogen-bond donors (Lipinski definition) is 0. The summed E-state index contributed by atoms with van der Waals surface area (Å²) in [6, 6.07) is 10.8. The molecule has 1 aliphatic heterocycles. The first kappa shape index (κ1) is 19.4. The molecule has 1 fully saturated rings. The predicted octanol–water partition coefficient (Wildman–Crippen LogP) is 4.96. The minimum Gasteiger partial charge on any atom is -0.163 e. The Kier molecular flexibility index (Phi) is 6.00. The third-order valence-electron chi connectivity index (χ3n) is 3.91. The van der Waals surface area contributed by atoms with Gasteiger partial charge in [-0.15, -0.1) is 20.9 Å². The molecule has 130 valence electrons. The molecule has 0 unspecified atom stereocenters. The van der Waals surface area contributed by atoms with E-state index in [1.165, 1.54) is 5.69 Å². The van der Waals surface area contributed by atoms with E-state index in [0.29, 0.717) is 5.88 Å². The van der Waals surface area contributed by atoms with Crippen LogP contribution in [0, 0.1) is 0 Å². The number of benzene rings is 1. The molecule has 4 nitrogen and oxygen atoms in total. The molecule has 1 atom stereocenters. The van der Waals surface area contributed by atoms with Gasteiger partial charge in [-0.1, -0.05) is 43.4 Å². The molecular weight excluding hydrogens is 346 g/mol. The van der Waals surface area contributed by atoms with Crippen LogP contribution in [0.2, 0.25) is 0 Å². The molecule has 0 aromatic heterocycles. The van der Waals surface area contributed by atoms with Crippen LogP contribution in [-0.2, 0) is 0 Å². The molecule has 0 spiro atoms. The molecule has 1 aromatic rings. The summed E-state index contributed by atoms with van der Waals surface area (Å²) in [5.41, 5.74) is 1.31. The molecule has 1 aliphatic rings. The van der Waals surface area contributed by atoms with Crippen LogP contribution in [0.4, 0.5) is 5.69 Å². The van der Waals surface area contributed by atoms with Crippen molar-refractivity contribution in [2.45, 2.75) is 25.9 Å². The molecule has 23 heavy (non-hydrogen) atoms. The third-order valence-corrected chi connectivity index (χ3v) is 12.7. The summed E-state index contributed by atoms with van der Waals surface area (Å²) in [6.07, 6.45) is 0. The minimum absolute atomic E-state index is 0.201. The summed E-state index contributed by atoms with van der Waals surface area (Å²) in [7, 11) is 6.58. The van der Waals surface area contributed by atoms with E-state index in [1.807, 2.05) is 0 Å². The Bertz CT molecular complexity index is 511. The summed E-state index contributed by atoms with van der Waals surface area (Å²) in [6.45, 7) is 7.96. The number of rotatable bonds is 5. The van der Waals surface area contributed by atoms with Crippen molar-refractivity contribution in [1.29, 1.82) is 0 Å². The molecule has 0 N–H and O–H groups in total. The lowest BCUT2D eigenvalue weighted by molar-refractivity contribution is 0.461. The van der Waals surface area contributed by atoms with Crippen LogP contribution < -0.4 is 4.44 Å². The number of alkyl halides is 1. The van der Waals surface area contributed by atoms with Crippen LogP contribution in [0.15, 0.2) is 30.3 Å². The maximum Gasteiger partial charge on any atom is 0.341 e. The number of nitrogens with zero attached hydrogens (tertiary/aromatic N) is 4. The molecule has 0 saturated carbocycles. The Labute approximate surface area is 148 Å². The zero-order valence-corrected chi connectivity index (χ0v) is 17.9. The summed E-state index contributed by atoms with van der Waals surface area (Å²) < 4.78 is 10.2. The van der Waals surface area contributed by atoms with Crippen molar-refractivity contribution in [1.82, 2.24) is 13.8 Å². The number of anilines is 1. The molecule has 0 radical (unpaired) electrons. The average Bonchev–Trinajstić information content (AvgIpc) is 2.41. The number of para-hydroxylation sites is 1. The van der Waals surface area contributed by atoms with Gasteiger partial charge in [0.25, 0.3) is 0 Å². The van der Waals surface area contributed by atoms with Crippen molar-refractivity contribution in [3.05, 3.63) is 30.3 Å². The first-order valence-corrected chi connectivity index (χ1v) is 11.3. The average molecular weight is 376 g/mol. The molecular formula is C16H30ClN4P2+. The van der Waals surface area contributed by atoms with E-state index in [0.717, 1.165) is 6.54 Å². The molecule has 2 rings (SSSR count). The second-order valence-corrected chi connectivity index (χ2v) is 14.5. The standard InChI is InChI=1S/C16H30ClN4P2/c1-16(2,3)22-20(14-13-17)23(18(4)5,19(6)7)21(22)15-11-9-8-10-12-15/h8-12H,13-14H2,1-7H3/q+1/t22-/m0/s1. The van der Waals surface area contributed by atoms with Gasteiger partial charge in [-0.05, 0) is 12.1 Å². The Morgan fingerprint density at radius 2 is 1.57 bits per heavy atom. The van der Waals surface area contributed by atoms with Gasteiger partial charge >= 0.3 is 7.87 Å². The molecule has 1 saturated heterocycles. The summed E-state index contributed by atoms with van der Waals surface area (Å²) in [5.74, 6) is 0.668. The largest absolute Gasteiger partial charge is 0.341 e. The Hall–Kier alpha value is 0.0500. The van der Waals surface area contributed by atoms with Crippen molar-refractivity contribution in [2.24, 2.45) is 0 Å². The van der Waals surface area contributed by atoms with Gasteiger partial charge in [0.15, 0.2) is 8.22 Å². The summed E-state index contributed by atoms with van der Waals surface area (Å²) in [5, 5.41) is 0.201. The normalized spacial score (nSPS) is 21.8. The van der Waals surface area contributed by atoms with Crippen LogP contribution >= 0.6 is 27.7 Å². The van der Waals surface area contributed by atoms with E-state index in [2.05, 4.69) is 97.5 Å². The summed E-state index contributed by atoms with van der Waals surface area (Å²) >= 11 is 6.19. The van der Waals surface area contributed by atoms with Crippen molar-refractivity contribution < 1.29 is 0 Å². The third kappa shape index (κ3) is 3.15. The highest BCUT2D eigenvalue weighted by molar-refractivity contribution is 7.96. The van der Waals surface area contributed by atoms with Crippen LogP contribution in [0.1, 0.15) is 20.8 Å². The van der Waals surface area contributed by atoms with Gasteiger partial charge < -0.3 is 0 Å². The van der Waals surface area contributed by atoms with E-state index >= 15 is 0 Å². The lowest BCUT2D eigenvalue weighted by Gasteiger charge is -2.63. The van der Waals surface area contributed by atoms with Gasteiger partial charge in [0.2, 0.25) is 0 Å². The quantitative estimate of drug-likeness (QED) is 0.532. The Morgan fingerprint density at radius 1 is 1.04 bits per heavy atom. The second-order valence-electron chi connectivity index (χ2n) is 7.10. The van der Waals surface area contributed by atoms with E-state index in [1.54, 1.807) is 0 Å². The fraction of sp³-hybridized carbons (Fsp3) is 0.625. The van der Waals surface area contributed by atoms with Gasteiger partial charge in [0.05, 0.1) is 12.2 Å². The van der Waals surface area contributed by atoms with E-state index in [4.69, 9.17) is 11.6 Å².